The number of anilines is 1. The molecule has 0 radical (unpaired) electrons. The predicted octanol–water partition coefficient (Wildman–Crippen LogP) is 3.40. The summed E-state index contributed by atoms with van der Waals surface area (Å²) in [5, 5.41) is 14.0. The second-order valence-corrected chi connectivity index (χ2v) is 7.60. The number of hydrogen-bond donors (Lipinski definition) is 2. The minimum absolute atomic E-state index is 0.140. The number of fused-ring (bicyclic) bond motifs is 1. The molecular formula is C20H20BrN5O3. The van der Waals surface area contributed by atoms with Crippen LogP contribution in [0.5, 0.6) is 0 Å². The van der Waals surface area contributed by atoms with Crippen molar-refractivity contribution in [1.29, 1.82) is 0 Å². The van der Waals surface area contributed by atoms with Gasteiger partial charge in [0.2, 0.25) is 5.91 Å². The lowest BCUT2D eigenvalue weighted by molar-refractivity contribution is -0.115. The zero-order chi connectivity index (χ0) is 20.2. The van der Waals surface area contributed by atoms with E-state index in [-0.39, 0.29) is 18.2 Å². The number of furan rings is 1. The number of aryl methyl sites for hydroxylation is 1. The van der Waals surface area contributed by atoms with Crippen LogP contribution in [0.2, 0.25) is 0 Å². The average Bonchev–Trinajstić information content (AvgIpc) is 3.26. The number of amides is 2. The summed E-state index contributed by atoms with van der Waals surface area (Å²) in [5.41, 5.74) is 1.60. The molecule has 29 heavy (non-hydrogen) atoms. The van der Waals surface area contributed by atoms with Gasteiger partial charge in [-0.05, 0) is 65.2 Å². The molecule has 1 aliphatic rings. The maximum absolute atomic E-state index is 12.1. The van der Waals surface area contributed by atoms with Crippen molar-refractivity contribution in [3.8, 4) is 11.4 Å². The summed E-state index contributed by atoms with van der Waals surface area (Å²) in [7, 11) is 0. The van der Waals surface area contributed by atoms with Gasteiger partial charge >= 0.3 is 0 Å². The Hall–Kier alpha value is -2.94. The van der Waals surface area contributed by atoms with Crippen LogP contribution in [0, 0.1) is 0 Å². The highest BCUT2D eigenvalue weighted by molar-refractivity contribution is 9.10. The highest BCUT2D eigenvalue weighted by atomic mass is 79.9. The maximum atomic E-state index is 12.1. The number of nitrogens with one attached hydrogen (secondary N) is 2. The van der Waals surface area contributed by atoms with E-state index in [0.29, 0.717) is 10.4 Å². The molecule has 9 heteroatoms. The van der Waals surface area contributed by atoms with Gasteiger partial charge in [-0.1, -0.05) is 6.42 Å². The van der Waals surface area contributed by atoms with Crippen molar-refractivity contribution in [2.24, 2.45) is 0 Å². The third-order valence-corrected chi connectivity index (χ3v) is 5.17. The van der Waals surface area contributed by atoms with E-state index < -0.39 is 5.91 Å². The van der Waals surface area contributed by atoms with Crippen LogP contribution < -0.4 is 10.6 Å². The van der Waals surface area contributed by atoms with E-state index in [1.165, 1.54) is 12.5 Å². The van der Waals surface area contributed by atoms with Crippen molar-refractivity contribution >= 4 is 33.4 Å². The van der Waals surface area contributed by atoms with Gasteiger partial charge in [0, 0.05) is 24.2 Å². The molecule has 1 aromatic carbocycles. The van der Waals surface area contributed by atoms with E-state index in [9.17, 15) is 9.59 Å². The lowest BCUT2D eigenvalue weighted by Gasteiger charge is -2.09. The fourth-order valence-corrected chi connectivity index (χ4v) is 3.60. The summed E-state index contributed by atoms with van der Waals surface area (Å²) in [4.78, 5) is 24.0. The number of hydrogen-bond acceptors (Lipinski definition) is 5. The van der Waals surface area contributed by atoms with Crippen molar-refractivity contribution in [1.82, 2.24) is 20.1 Å². The molecule has 2 amide bonds. The Balaban J connectivity index is 1.35. The average molecular weight is 458 g/mol. The van der Waals surface area contributed by atoms with Gasteiger partial charge in [-0.2, -0.15) is 0 Å². The normalized spacial score (nSPS) is 13.4. The monoisotopic (exact) mass is 457 g/mol. The summed E-state index contributed by atoms with van der Waals surface area (Å²) in [6.45, 7) is 0.776. The van der Waals surface area contributed by atoms with E-state index in [0.717, 1.165) is 43.0 Å². The van der Waals surface area contributed by atoms with E-state index in [1.54, 1.807) is 6.07 Å². The first-order valence-corrected chi connectivity index (χ1v) is 10.3. The summed E-state index contributed by atoms with van der Waals surface area (Å²) < 4.78 is 7.79. The highest BCUT2D eigenvalue weighted by Gasteiger charge is 2.16. The molecule has 0 unspecified atom stereocenters. The van der Waals surface area contributed by atoms with Gasteiger partial charge in [0.25, 0.3) is 5.91 Å². The Kier molecular flexibility index (Phi) is 5.75. The van der Waals surface area contributed by atoms with Crippen LogP contribution in [0.3, 0.4) is 0 Å². The van der Waals surface area contributed by atoms with Crippen LogP contribution in [0.25, 0.3) is 11.4 Å². The third kappa shape index (κ3) is 4.56. The Morgan fingerprint density at radius 3 is 2.66 bits per heavy atom. The van der Waals surface area contributed by atoms with Crippen molar-refractivity contribution in [2.45, 2.75) is 32.2 Å². The molecule has 0 spiro atoms. The smallest absolute Gasteiger partial charge is 0.287 e. The van der Waals surface area contributed by atoms with Gasteiger partial charge in [0.15, 0.2) is 16.3 Å². The zero-order valence-corrected chi connectivity index (χ0v) is 17.2. The molecule has 4 rings (SSSR count). The summed E-state index contributed by atoms with van der Waals surface area (Å²) in [5.74, 6) is 1.26. The molecule has 2 N–H and O–H groups in total. The van der Waals surface area contributed by atoms with Crippen LogP contribution in [-0.2, 0) is 17.8 Å². The largest absolute Gasteiger partial charge is 0.444 e. The molecular weight excluding hydrogens is 438 g/mol. The van der Waals surface area contributed by atoms with E-state index in [4.69, 9.17) is 4.42 Å². The standard InChI is InChI=1S/C20H20BrN5O3/c21-16-10-9-15(29-16)20(28)22-12-18(27)23-14-7-5-13(6-8-14)19-25-24-17-4-2-1-3-11-26(17)19/h5-10H,1-4,11-12H2,(H,22,28)(H,23,27). The van der Waals surface area contributed by atoms with Crippen molar-refractivity contribution in [2.75, 3.05) is 11.9 Å². The molecule has 0 fully saturated rings. The van der Waals surface area contributed by atoms with E-state index in [1.807, 2.05) is 24.3 Å². The van der Waals surface area contributed by atoms with Gasteiger partial charge in [-0.3, -0.25) is 9.59 Å². The van der Waals surface area contributed by atoms with Crippen LogP contribution in [0.15, 0.2) is 45.5 Å². The number of halogens is 1. The molecule has 150 valence electrons. The van der Waals surface area contributed by atoms with Gasteiger partial charge in [0.1, 0.15) is 5.82 Å². The van der Waals surface area contributed by atoms with Crippen LogP contribution in [0.1, 0.15) is 35.6 Å². The SMILES string of the molecule is O=C(CNC(=O)c1ccc(Br)o1)Nc1ccc(-c2nnc3n2CCCCC3)cc1. The fourth-order valence-electron chi connectivity index (χ4n) is 3.29. The van der Waals surface area contributed by atoms with Crippen molar-refractivity contribution in [3.05, 3.63) is 52.7 Å². The molecule has 0 aliphatic carbocycles. The summed E-state index contributed by atoms with van der Waals surface area (Å²) in [6.07, 6.45) is 4.45. The second kappa shape index (κ2) is 8.60. The quantitative estimate of drug-likeness (QED) is 0.611. The van der Waals surface area contributed by atoms with E-state index >= 15 is 0 Å². The Morgan fingerprint density at radius 2 is 1.90 bits per heavy atom. The number of rotatable bonds is 5. The molecule has 2 aromatic heterocycles. The summed E-state index contributed by atoms with van der Waals surface area (Å²) >= 11 is 3.13. The maximum Gasteiger partial charge on any atom is 0.287 e. The van der Waals surface area contributed by atoms with Gasteiger partial charge in [-0.25, -0.2) is 0 Å². The lowest BCUT2D eigenvalue weighted by Crippen LogP contribution is -2.32. The highest BCUT2D eigenvalue weighted by Crippen LogP contribution is 2.24. The number of carbonyl (C=O) groups is 2. The number of nitrogens with zero attached hydrogens (tertiary/aromatic N) is 3. The molecule has 3 heterocycles. The first kappa shape index (κ1) is 19.4. The Morgan fingerprint density at radius 1 is 1.07 bits per heavy atom. The molecule has 0 saturated carbocycles. The Labute approximate surface area is 175 Å². The molecule has 3 aromatic rings. The molecule has 8 nitrogen and oxygen atoms in total. The van der Waals surface area contributed by atoms with Crippen molar-refractivity contribution in [3.63, 3.8) is 0 Å². The third-order valence-electron chi connectivity index (χ3n) is 4.74. The van der Waals surface area contributed by atoms with Crippen molar-refractivity contribution < 1.29 is 14.0 Å². The van der Waals surface area contributed by atoms with Crippen LogP contribution >= 0.6 is 15.9 Å². The zero-order valence-electron chi connectivity index (χ0n) is 15.7. The predicted molar refractivity (Wildman–Crippen MR) is 110 cm³/mol. The Bertz CT molecular complexity index is 1030. The lowest BCUT2D eigenvalue weighted by atomic mass is 10.2. The minimum atomic E-state index is -0.450. The molecule has 0 atom stereocenters. The van der Waals surface area contributed by atoms with Crippen LogP contribution in [0.4, 0.5) is 5.69 Å². The number of benzene rings is 1. The molecule has 0 bridgehead atoms. The van der Waals surface area contributed by atoms with Gasteiger partial charge in [0.05, 0.1) is 6.54 Å². The first-order chi connectivity index (χ1) is 14.1. The van der Waals surface area contributed by atoms with Gasteiger partial charge in [-0.15, -0.1) is 10.2 Å². The number of aromatic nitrogens is 3. The second-order valence-electron chi connectivity index (χ2n) is 6.81. The summed E-state index contributed by atoms with van der Waals surface area (Å²) in [6, 6.07) is 10.6. The minimum Gasteiger partial charge on any atom is -0.444 e. The van der Waals surface area contributed by atoms with Gasteiger partial charge < -0.3 is 19.6 Å². The topological polar surface area (TPSA) is 102 Å². The molecule has 1 aliphatic heterocycles. The van der Waals surface area contributed by atoms with E-state index in [2.05, 4.69) is 41.3 Å². The fraction of sp³-hybridized carbons (Fsp3) is 0.300. The number of carbonyl (C=O) groups excluding carboxylic acids is 2. The molecule has 0 saturated heterocycles. The van der Waals surface area contributed by atoms with Crippen LogP contribution in [-0.4, -0.2) is 33.1 Å². The first-order valence-electron chi connectivity index (χ1n) is 9.46.